The van der Waals surface area contributed by atoms with Crippen LogP contribution in [0.25, 0.3) is 0 Å². The number of methoxy groups -OCH3 is 1. The molecule has 0 fully saturated rings. The van der Waals surface area contributed by atoms with Crippen molar-refractivity contribution in [2.75, 3.05) is 13.7 Å². The molecule has 7 heteroatoms. The van der Waals surface area contributed by atoms with Crippen molar-refractivity contribution >= 4 is 20.1 Å². The minimum Gasteiger partial charge on any atom is -0.468 e. The zero-order valence-electron chi connectivity index (χ0n) is 19.0. The topological polar surface area (TPSA) is 76.7 Å². The Bertz CT molecular complexity index is 638. The monoisotopic (exact) mass is 422 g/mol. The molecule has 0 aliphatic carbocycles. The van der Waals surface area contributed by atoms with Gasteiger partial charge in [0.1, 0.15) is 12.6 Å². The third-order valence-corrected chi connectivity index (χ3v) is 5.94. The molecule has 6 nitrogen and oxygen atoms in total. The van der Waals surface area contributed by atoms with Crippen LogP contribution in [0.4, 0.5) is 4.79 Å². The summed E-state index contributed by atoms with van der Waals surface area (Å²) in [7, 11) is -0.0659. The van der Waals surface area contributed by atoms with E-state index in [1.807, 2.05) is 30.3 Å². The molecule has 0 spiro atoms. The van der Waals surface area contributed by atoms with Crippen molar-refractivity contribution in [1.82, 2.24) is 10.6 Å². The number of carbonyl (C=O) groups excluding carboxylic acids is 2. The molecule has 0 bridgehead atoms. The number of alkyl carbamates (subject to hydrolysis) is 1. The first-order valence-corrected chi connectivity index (χ1v) is 13.9. The van der Waals surface area contributed by atoms with E-state index in [0.717, 1.165) is 18.0 Å². The molecular formula is C22H38N2O4Si. The van der Waals surface area contributed by atoms with Gasteiger partial charge in [-0.3, -0.25) is 4.79 Å². The zero-order valence-corrected chi connectivity index (χ0v) is 20.0. The highest BCUT2D eigenvalue weighted by Crippen LogP contribution is 2.21. The summed E-state index contributed by atoms with van der Waals surface area (Å²) >= 11 is 0. The van der Waals surface area contributed by atoms with E-state index in [9.17, 15) is 9.59 Å². The average molecular weight is 423 g/mol. The zero-order chi connectivity index (χ0) is 22.1. The number of benzene rings is 1. The van der Waals surface area contributed by atoms with E-state index in [1.165, 1.54) is 7.11 Å². The number of rotatable bonds is 10. The molecule has 1 rings (SSSR count). The number of hydrogen-bond donors (Lipinski definition) is 2. The van der Waals surface area contributed by atoms with Crippen LogP contribution in [0.1, 0.15) is 32.8 Å². The maximum atomic E-state index is 12.3. The maximum absolute atomic E-state index is 12.3. The molecule has 1 amide bonds. The van der Waals surface area contributed by atoms with Gasteiger partial charge < -0.3 is 20.1 Å². The van der Waals surface area contributed by atoms with Crippen molar-refractivity contribution in [3.63, 3.8) is 0 Å². The van der Waals surface area contributed by atoms with Gasteiger partial charge in [-0.1, -0.05) is 70.7 Å². The highest BCUT2D eigenvalue weighted by molar-refractivity contribution is 6.76. The van der Waals surface area contributed by atoms with E-state index < -0.39 is 14.2 Å². The lowest BCUT2D eigenvalue weighted by atomic mass is 9.88. The van der Waals surface area contributed by atoms with Gasteiger partial charge >= 0.3 is 12.1 Å². The van der Waals surface area contributed by atoms with Crippen LogP contribution in [0.5, 0.6) is 0 Å². The number of esters is 1. The quantitative estimate of drug-likeness (QED) is 0.437. The van der Waals surface area contributed by atoms with Crippen molar-refractivity contribution in [2.24, 2.45) is 5.41 Å². The van der Waals surface area contributed by atoms with Gasteiger partial charge in [-0.05, 0) is 23.4 Å². The van der Waals surface area contributed by atoms with Crippen molar-refractivity contribution in [1.29, 1.82) is 0 Å². The minimum absolute atomic E-state index is 0.0125. The fourth-order valence-electron chi connectivity index (χ4n) is 3.12. The van der Waals surface area contributed by atoms with Gasteiger partial charge in [0, 0.05) is 20.7 Å². The van der Waals surface area contributed by atoms with Crippen LogP contribution in [-0.4, -0.2) is 45.9 Å². The summed E-state index contributed by atoms with van der Waals surface area (Å²) < 4.78 is 10.3. The first kappa shape index (κ1) is 25.2. The van der Waals surface area contributed by atoms with Crippen molar-refractivity contribution in [3.05, 3.63) is 35.9 Å². The summed E-state index contributed by atoms with van der Waals surface area (Å²) in [6, 6.07) is 9.83. The second-order valence-corrected chi connectivity index (χ2v) is 15.4. The van der Waals surface area contributed by atoms with Crippen LogP contribution in [0.3, 0.4) is 0 Å². The van der Waals surface area contributed by atoms with Gasteiger partial charge in [-0.2, -0.15) is 0 Å². The van der Waals surface area contributed by atoms with Gasteiger partial charge in [0.05, 0.1) is 7.11 Å². The lowest BCUT2D eigenvalue weighted by Crippen LogP contribution is -2.50. The van der Waals surface area contributed by atoms with Crippen LogP contribution >= 0.6 is 0 Å². The van der Waals surface area contributed by atoms with E-state index >= 15 is 0 Å². The second kappa shape index (κ2) is 11.4. The lowest BCUT2D eigenvalue weighted by Gasteiger charge is -2.29. The average Bonchev–Trinajstić information content (AvgIpc) is 2.61. The number of ether oxygens (including phenoxy) is 2. The number of hydrogen-bond acceptors (Lipinski definition) is 5. The first-order valence-electron chi connectivity index (χ1n) is 10.2. The van der Waals surface area contributed by atoms with Gasteiger partial charge in [0.15, 0.2) is 0 Å². The maximum Gasteiger partial charge on any atom is 0.407 e. The molecule has 1 aromatic carbocycles. The Kier molecular flexibility index (Phi) is 9.86. The molecule has 29 heavy (non-hydrogen) atoms. The predicted molar refractivity (Wildman–Crippen MR) is 120 cm³/mol. The van der Waals surface area contributed by atoms with Gasteiger partial charge in [0.25, 0.3) is 0 Å². The lowest BCUT2D eigenvalue weighted by molar-refractivity contribution is -0.142. The fraction of sp³-hybridized carbons (Fsp3) is 0.636. The summed E-state index contributed by atoms with van der Waals surface area (Å²) in [4.78, 5) is 24.5. The molecule has 0 aromatic heterocycles. The Morgan fingerprint density at radius 2 is 1.72 bits per heavy atom. The highest BCUT2D eigenvalue weighted by atomic mass is 28.3. The standard InChI is InChI=1S/C22H38N2O4Si/c1-22(2,3)13-18(14-23-19(20(25)27-4)16-29(5,6)7)24-21(26)28-15-17-11-9-8-10-12-17/h8-12,18-19,23H,13-16H2,1-7H3,(H,24,26)/t18-,19-/m0/s1. The molecule has 0 aliphatic rings. The third-order valence-electron chi connectivity index (χ3n) is 4.31. The molecular weight excluding hydrogens is 384 g/mol. The van der Waals surface area contributed by atoms with E-state index in [2.05, 4.69) is 51.0 Å². The summed E-state index contributed by atoms with van der Waals surface area (Å²) in [5, 5.41) is 6.27. The van der Waals surface area contributed by atoms with Crippen molar-refractivity contribution in [2.45, 2.75) is 71.6 Å². The summed E-state index contributed by atoms with van der Waals surface area (Å²) in [6.45, 7) is 13.7. The van der Waals surface area contributed by atoms with Crippen LogP contribution in [0, 0.1) is 5.41 Å². The van der Waals surface area contributed by atoms with Crippen LogP contribution in [0.15, 0.2) is 30.3 Å². The Morgan fingerprint density at radius 3 is 2.24 bits per heavy atom. The SMILES string of the molecule is COC(=O)[C@H](C[Si](C)(C)C)NC[C@H](CC(C)(C)C)NC(=O)OCc1ccccc1. The summed E-state index contributed by atoms with van der Waals surface area (Å²) in [6.07, 6.45) is 0.297. The van der Waals surface area contributed by atoms with Crippen LogP contribution in [0.2, 0.25) is 25.7 Å². The second-order valence-electron chi connectivity index (χ2n) is 9.92. The molecule has 0 radical (unpaired) electrons. The largest absolute Gasteiger partial charge is 0.468 e. The molecule has 0 saturated carbocycles. The molecule has 2 atom stereocenters. The van der Waals surface area contributed by atoms with Crippen LogP contribution < -0.4 is 10.6 Å². The fourth-order valence-corrected chi connectivity index (χ4v) is 4.66. The minimum atomic E-state index is -1.48. The summed E-state index contributed by atoms with van der Waals surface area (Å²) in [5.41, 5.74) is 0.951. The highest BCUT2D eigenvalue weighted by Gasteiger charge is 2.28. The molecule has 164 valence electrons. The predicted octanol–water partition coefficient (Wildman–Crippen LogP) is 4.19. The van der Waals surface area contributed by atoms with Gasteiger partial charge in [-0.25, -0.2) is 4.79 Å². The molecule has 2 N–H and O–H groups in total. The van der Waals surface area contributed by atoms with Crippen molar-refractivity contribution < 1.29 is 19.1 Å². The number of carbonyl (C=O) groups is 2. The van der Waals surface area contributed by atoms with Gasteiger partial charge in [0.2, 0.25) is 0 Å². The third kappa shape index (κ3) is 11.7. The number of nitrogens with one attached hydrogen (secondary N) is 2. The van der Waals surface area contributed by atoms with Crippen LogP contribution in [-0.2, 0) is 20.9 Å². The Balaban J connectivity index is 2.70. The smallest absolute Gasteiger partial charge is 0.407 e. The Labute approximate surface area is 176 Å². The molecule has 0 saturated heterocycles. The van der Waals surface area contributed by atoms with Crippen molar-refractivity contribution in [3.8, 4) is 0 Å². The number of amides is 1. The molecule has 1 aromatic rings. The normalized spacial score (nSPS) is 14.0. The van der Waals surface area contributed by atoms with E-state index in [-0.39, 0.29) is 30.1 Å². The van der Waals surface area contributed by atoms with E-state index in [4.69, 9.17) is 9.47 Å². The van der Waals surface area contributed by atoms with E-state index in [0.29, 0.717) is 6.54 Å². The molecule has 0 heterocycles. The molecule has 0 aliphatic heterocycles. The van der Waals surface area contributed by atoms with E-state index in [1.54, 1.807) is 0 Å². The Morgan fingerprint density at radius 1 is 1.10 bits per heavy atom. The summed E-state index contributed by atoms with van der Waals surface area (Å²) in [5.74, 6) is -0.256. The molecule has 0 unspecified atom stereocenters. The first-order chi connectivity index (χ1) is 13.4. The van der Waals surface area contributed by atoms with Gasteiger partial charge in [-0.15, -0.1) is 0 Å². The Hall–Kier alpha value is -1.86.